The zero-order valence-electron chi connectivity index (χ0n) is 8.37. The summed E-state index contributed by atoms with van der Waals surface area (Å²) in [5.74, 6) is -0.0608. The molecule has 0 saturated carbocycles. The highest BCUT2D eigenvalue weighted by Gasteiger charge is 2.27. The Kier molecular flexibility index (Phi) is 4.59. The Morgan fingerprint density at radius 1 is 1.00 bits per heavy atom. The van der Waals surface area contributed by atoms with Gasteiger partial charge in [-0.25, -0.2) is 0 Å². The Labute approximate surface area is 83.9 Å². The highest BCUT2D eigenvalue weighted by atomic mass is 16.3. The summed E-state index contributed by atoms with van der Waals surface area (Å²) in [5, 5.41) is 8.54. The molecule has 1 fully saturated rings. The van der Waals surface area contributed by atoms with Gasteiger partial charge < -0.3 is 5.11 Å². The first-order valence-electron chi connectivity index (χ1n) is 5.20. The first-order valence-corrected chi connectivity index (χ1v) is 5.20. The molecule has 0 aromatic rings. The summed E-state index contributed by atoms with van der Waals surface area (Å²) in [4.78, 5) is 23.7. The molecule has 1 aliphatic rings. The van der Waals surface area contributed by atoms with Crippen molar-refractivity contribution in [2.75, 3.05) is 13.2 Å². The maximum absolute atomic E-state index is 11.2. The summed E-state index contributed by atoms with van der Waals surface area (Å²) < 4.78 is 0. The third kappa shape index (κ3) is 3.10. The second-order valence-corrected chi connectivity index (χ2v) is 3.58. The van der Waals surface area contributed by atoms with E-state index in [2.05, 4.69) is 0 Å². The Morgan fingerprint density at radius 3 is 2.14 bits per heavy atom. The van der Waals surface area contributed by atoms with Crippen molar-refractivity contribution in [2.45, 2.75) is 38.5 Å². The average Bonchev–Trinajstić information content (AvgIpc) is 2.48. The molecule has 2 amide bonds. The van der Waals surface area contributed by atoms with Crippen molar-refractivity contribution in [3.63, 3.8) is 0 Å². The lowest BCUT2D eigenvalue weighted by molar-refractivity contribution is -0.138. The number of rotatable bonds is 6. The maximum atomic E-state index is 11.2. The van der Waals surface area contributed by atoms with Gasteiger partial charge >= 0.3 is 0 Å². The number of hydrogen-bond donors (Lipinski definition) is 1. The zero-order chi connectivity index (χ0) is 10.4. The van der Waals surface area contributed by atoms with Crippen molar-refractivity contribution < 1.29 is 14.7 Å². The lowest BCUT2D eigenvalue weighted by Gasteiger charge is -2.12. The van der Waals surface area contributed by atoms with Gasteiger partial charge in [-0.1, -0.05) is 12.8 Å². The number of aliphatic hydroxyl groups excluding tert-OH is 1. The van der Waals surface area contributed by atoms with E-state index in [4.69, 9.17) is 5.11 Å². The minimum Gasteiger partial charge on any atom is -0.396 e. The second-order valence-electron chi connectivity index (χ2n) is 3.58. The number of likely N-dealkylation sites (tertiary alicyclic amines) is 1. The molecule has 1 N–H and O–H groups in total. The Hall–Kier alpha value is -0.900. The first kappa shape index (κ1) is 11.2. The SMILES string of the molecule is O=C1CCC(=O)N1CCCCCCO. The molecule has 0 aromatic carbocycles. The van der Waals surface area contributed by atoms with Crippen LogP contribution in [-0.4, -0.2) is 35.0 Å². The van der Waals surface area contributed by atoms with Gasteiger partial charge in [0.25, 0.3) is 0 Å². The van der Waals surface area contributed by atoms with Crippen LogP contribution in [0, 0.1) is 0 Å². The molecule has 4 nitrogen and oxygen atoms in total. The molecule has 4 heteroatoms. The largest absolute Gasteiger partial charge is 0.396 e. The van der Waals surface area contributed by atoms with E-state index in [1.54, 1.807) is 0 Å². The molecule has 80 valence electrons. The van der Waals surface area contributed by atoms with Crippen LogP contribution >= 0.6 is 0 Å². The van der Waals surface area contributed by atoms with Crippen LogP contribution in [0.2, 0.25) is 0 Å². The van der Waals surface area contributed by atoms with Crippen LogP contribution in [0.25, 0.3) is 0 Å². The highest BCUT2D eigenvalue weighted by molar-refractivity contribution is 6.01. The predicted octanol–water partition coefficient (Wildman–Crippen LogP) is 0.688. The van der Waals surface area contributed by atoms with E-state index in [9.17, 15) is 9.59 Å². The minimum absolute atomic E-state index is 0.0304. The van der Waals surface area contributed by atoms with Gasteiger partial charge in [-0.15, -0.1) is 0 Å². The summed E-state index contributed by atoms with van der Waals surface area (Å²) in [5.41, 5.74) is 0. The number of unbranched alkanes of at least 4 members (excludes halogenated alkanes) is 3. The van der Waals surface area contributed by atoms with E-state index in [1.807, 2.05) is 0 Å². The average molecular weight is 199 g/mol. The van der Waals surface area contributed by atoms with Gasteiger partial charge in [0.2, 0.25) is 11.8 Å². The standard InChI is InChI=1S/C10H17NO3/c12-8-4-2-1-3-7-11-9(13)5-6-10(11)14/h12H,1-8H2. The van der Waals surface area contributed by atoms with Crippen molar-refractivity contribution in [3.8, 4) is 0 Å². The number of imide groups is 1. The molecule has 0 aliphatic carbocycles. The molecule has 1 heterocycles. The smallest absolute Gasteiger partial charge is 0.229 e. The van der Waals surface area contributed by atoms with Crippen LogP contribution in [-0.2, 0) is 9.59 Å². The van der Waals surface area contributed by atoms with Crippen LogP contribution in [0.5, 0.6) is 0 Å². The van der Waals surface area contributed by atoms with Crippen LogP contribution in [0.15, 0.2) is 0 Å². The summed E-state index contributed by atoms with van der Waals surface area (Å²) in [6.45, 7) is 0.782. The fourth-order valence-electron chi connectivity index (χ4n) is 1.61. The summed E-state index contributed by atoms with van der Waals surface area (Å²) in [6.07, 6.45) is 4.37. The molecule has 0 aromatic heterocycles. The summed E-state index contributed by atoms with van der Waals surface area (Å²) in [7, 11) is 0. The van der Waals surface area contributed by atoms with Crippen molar-refractivity contribution in [3.05, 3.63) is 0 Å². The monoisotopic (exact) mass is 199 g/mol. The van der Waals surface area contributed by atoms with Gasteiger partial charge in [0.05, 0.1) is 0 Å². The van der Waals surface area contributed by atoms with Crippen LogP contribution < -0.4 is 0 Å². The van der Waals surface area contributed by atoms with E-state index in [0.29, 0.717) is 19.4 Å². The summed E-state index contributed by atoms with van der Waals surface area (Å²) in [6, 6.07) is 0. The topological polar surface area (TPSA) is 57.6 Å². The number of carbonyl (C=O) groups excluding carboxylic acids is 2. The minimum atomic E-state index is -0.0304. The molecule has 1 saturated heterocycles. The molecule has 0 spiro atoms. The third-order valence-corrected chi connectivity index (χ3v) is 2.44. The van der Waals surface area contributed by atoms with Crippen molar-refractivity contribution in [1.82, 2.24) is 4.90 Å². The third-order valence-electron chi connectivity index (χ3n) is 2.44. The number of carbonyl (C=O) groups is 2. The molecular weight excluding hydrogens is 182 g/mol. The molecule has 0 atom stereocenters. The Balaban J connectivity index is 2.11. The molecule has 0 unspecified atom stereocenters. The van der Waals surface area contributed by atoms with E-state index < -0.39 is 0 Å². The molecule has 1 aliphatic heterocycles. The quantitative estimate of drug-likeness (QED) is 0.505. The van der Waals surface area contributed by atoms with Crippen molar-refractivity contribution >= 4 is 11.8 Å². The summed E-state index contributed by atoms with van der Waals surface area (Å²) >= 11 is 0. The Morgan fingerprint density at radius 2 is 1.57 bits per heavy atom. The van der Waals surface area contributed by atoms with Gasteiger partial charge in [0.15, 0.2) is 0 Å². The Bertz CT molecular complexity index is 199. The molecule has 0 bridgehead atoms. The molecule has 1 rings (SSSR count). The highest BCUT2D eigenvalue weighted by Crippen LogP contribution is 2.12. The molecule has 14 heavy (non-hydrogen) atoms. The number of nitrogens with zero attached hydrogens (tertiary/aromatic N) is 1. The van der Waals surface area contributed by atoms with Gasteiger partial charge in [0, 0.05) is 26.0 Å². The fourth-order valence-corrected chi connectivity index (χ4v) is 1.61. The van der Waals surface area contributed by atoms with Gasteiger partial charge in [-0.05, 0) is 12.8 Å². The zero-order valence-corrected chi connectivity index (χ0v) is 8.37. The lowest BCUT2D eigenvalue weighted by Crippen LogP contribution is -2.29. The van der Waals surface area contributed by atoms with Gasteiger partial charge in [-0.3, -0.25) is 14.5 Å². The predicted molar refractivity (Wildman–Crippen MR) is 51.5 cm³/mol. The number of aliphatic hydroxyl groups is 1. The van der Waals surface area contributed by atoms with Gasteiger partial charge in [-0.2, -0.15) is 0 Å². The molecular formula is C10H17NO3. The van der Waals surface area contributed by atoms with E-state index >= 15 is 0 Å². The first-order chi connectivity index (χ1) is 6.75. The lowest BCUT2D eigenvalue weighted by atomic mass is 10.2. The fraction of sp³-hybridized carbons (Fsp3) is 0.800. The van der Waals surface area contributed by atoms with Crippen LogP contribution in [0.1, 0.15) is 38.5 Å². The van der Waals surface area contributed by atoms with Crippen molar-refractivity contribution in [1.29, 1.82) is 0 Å². The van der Waals surface area contributed by atoms with E-state index in [-0.39, 0.29) is 18.4 Å². The molecule has 0 radical (unpaired) electrons. The van der Waals surface area contributed by atoms with Crippen LogP contribution in [0.3, 0.4) is 0 Å². The second kappa shape index (κ2) is 5.75. The normalized spacial score (nSPS) is 16.8. The van der Waals surface area contributed by atoms with E-state index in [0.717, 1.165) is 25.7 Å². The van der Waals surface area contributed by atoms with Crippen LogP contribution in [0.4, 0.5) is 0 Å². The maximum Gasteiger partial charge on any atom is 0.229 e. The number of hydrogen-bond acceptors (Lipinski definition) is 3. The van der Waals surface area contributed by atoms with Gasteiger partial charge in [0.1, 0.15) is 0 Å². The van der Waals surface area contributed by atoms with E-state index in [1.165, 1.54) is 4.90 Å². The number of amides is 2. The van der Waals surface area contributed by atoms with Crippen molar-refractivity contribution in [2.24, 2.45) is 0 Å².